The van der Waals surface area contributed by atoms with Crippen LogP contribution < -0.4 is 5.32 Å². The van der Waals surface area contributed by atoms with E-state index in [4.69, 9.17) is 5.11 Å². The lowest BCUT2D eigenvalue weighted by molar-refractivity contribution is -0.139. The first-order valence-corrected chi connectivity index (χ1v) is 6.77. The number of nitrogens with one attached hydrogen (secondary N) is 1. The normalized spacial score (nSPS) is 26.7. The van der Waals surface area contributed by atoms with E-state index in [1.54, 1.807) is 0 Å². The monoisotopic (exact) mass is 243 g/mol. The lowest BCUT2D eigenvalue weighted by atomic mass is 9.87. The van der Waals surface area contributed by atoms with Crippen molar-refractivity contribution in [2.75, 3.05) is 6.54 Å². The predicted molar refractivity (Wildman–Crippen MR) is 66.9 cm³/mol. The molecule has 1 atom stereocenters. The number of aliphatic carboxylic acids is 1. The lowest BCUT2D eigenvalue weighted by Gasteiger charge is -2.26. The third kappa shape index (κ3) is 5.50. The second-order valence-electron chi connectivity index (χ2n) is 5.12. The first-order valence-electron chi connectivity index (χ1n) is 6.77. The third-order valence-corrected chi connectivity index (χ3v) is 3.61. The number of hydrogen-bond donors (Lipinski definition) is 3. The summed E-state index contributed by atoms with van der Waals surface area (Å²) in [4.78, 5) is 11.0. The fourth-order valence-corrected chi connectivity index (χ4v) is 2.38. The third-order valence-electron chi connectivity index (χ3n) is 3.61. The fourth-order valence-electron chi connectivity index (χ4n) is 2.38. The van der Waals surface area contributed by atoms with Crippen LogP contribution in [0.5, 0.6) is 0 Å². The van der Waals surface area contributed by atoms with E-state index in [0.717, 1.165) is 45.1 Å². The number of aliphatic hydroxyl groups excluding tert-OH is 1. The number of carbonyl (C=O) groups is 1. The zero-order valence-corrected chi connectivity index (χ0v) is 10.7. The molecule has 1 aliphatic carbocycles. The molecule has 0 amide bonds. The van der Waals surface area contributed by atoms with Crippen molar-refractivity contribution in [1.82, 2.24) is 5.32 Å². The summed E-state index contributed by atoms with van der Waals surface area (Å²) in [5, 5.41) is 21.6. The van der Waals surface area contributed by atoms with E-state index >= 15 is 0 Å². The minimum absolute atomic E-state index is 0.137. The van der Waals surface area contributed by atoms with Crippen molar-refractivity contribution in [3.05, 3.63) is 0 Å². The number of carboxylic acids is 1. The molecule has 0 spiro atoms. The van der Waals surface area contributed by atoms with Crippen molar-refractivity contribution in [3.63, 3.8) is 0 Å². The van der Waals surface area contributed by atoms with Gasteiger partial charge in [-0.15, -0.1) is 0 Å². The Balaban J connectivity index is 2.23. The number of unbranched alkanes of at least 4 members (excludes halogenated alkanes) is 1. The zero-order valence-electron chi connectivity index (χ0n) is 10.7. The first-order chi connectivity index (χ1) is 8.13. The van der Waals surface area contributed by atoms with Gasteiger partial charge in [0.2, 0.25) is 0 Å². The highest BCUT2D eigenvalue weighted by atomic mass is 16.4. The minimum atomic E-state index is -0.741. The van der Waals surface area contributed by atoms with Crippen molar-refractivity contribution in [2.45, 2.75) is 64.0 Å². The highest BCUT2D eigenvalue weighted by Crippen LogP contribution is 2.23. The maximum atomic E-state index is 11.0. The molecule has 1 aliphatic rings. The second-order valence-corrected chi connectivity index (χ2v) is 5.12. The Hall–Kier alpha value is -0.610. The van der Waals surface area contributed by atoms with Gasteiger partial charge >= 0.3 is 5.97 Å². The van der Waals surface area contributed by atoms with Gasteiger partial charge in [0.15, 0.2) is 0 Å². The summed E-state index contributed by atoms with van der Waals surface area (Å²) in [6.45, 7) is 2.84. The van der Waals surface area contributed by atoms with Crippen LogP contribution >= 0.6 is 0 Å². The Morgan fingerprint density at radius 1 is 1.35 bits per heavy atom. The SMILES string of the molecule is CCCCC(NCC1CCC(O)CC1)C(=O)O. The van der Waals surface area contributed by atoms with Crippen molar-refractivity contribution in [1.29, 1.82) is 0 Å². The van der Waals surface area contributed by atoms with Crippen molar-refractivity contribution in [2.24, 2.45) is 5.92 Å². The molecule has 0 bridgehead atoms. The molecule has 0 aliphatic heterocycles. The van der Waals surface area contributed by atoms with Gasteiger partial charge in [0.25, 0.3) is 0 Å². The first kappa shape index (κ1) is 14.5. The Labute approximate surface area is 103 Å². The number of rotatable bonds is 7. The van der Waals surface area contributed by atoms with Gasteiger partial charge in [-0.3, -0.25) is 4.79 Å². The number of carboxylic acid groups (broad SMARTS) is 1. The van der Waals surface area contributed by atoms with E-state index in [9.17, 15) is 9.90 Å². The molecule has 4 nitrogen and oxygen atoms in total. The molecule has 0 heterocycles. The molecule has 100 valence electrons. The maximum absolute atomic E-state index is 11.0. The van der Waals surface area contributed by atoms with Gasteiger partial charge in [-0.25, -0.2) is 0 Å². The zero-order chi connectivity index (χ0) is 12.7. The molecule has 0 aromatic rings. The average Bonchev–Trinajstić information content (AvgIpc) is 2.31. The molecular formula is C13H25NO3. The van der Waals surface area contributed by atoms with Gasteiger partial charge in [0.05, 0.1) is 6.10 Å². The Morgan fingerprint density at radius 3 is 2.53 bits per heavy atom. The Kier molecular flexibility index (Phi) is 6.52. The number of aliphatic hydroxyl groups is 1. The summed E-state index contributed by atoms with van der Waals surface area (Å²) >= 11 is 0. The standard InChI is InChI=1S/C13H25NO3/c1-2-3-4-12(13(16)17)14-9-10-5-7-11(15)8-6-10/h10-12,14-15H,2-9H2,1H3,(H,16,17). The van der Waals surface area contributed by atoms with Crippen molar-refractivity contribution < 1.29 is 15.0 Å². The average molecular weight is 243 g/mol. The van der Waals surface area contributed by atoms with E-state index in [0.29, 0.717) is 12.3 Å². The summed E-state index contributed by atoms with van der Waals surface area (Å²) in [5.41, 5.74) is 0. The van der Waals surface area contributed by atoms with E-state index in [1.165, 1.54) is 0 Å². The fraction of sp³-hybridized carbons (Fsp3) is 0.923. The lowest BCUT2D eigenvalue weighted by Crippen LogP contribution is -2.40. The van der Waals surface area contributed by atoms with Crippen LogP contribution in [0.25, 0.3) is 0 Å². The van der Waals surface area contributed by atoms with Crippen molar-refractivity contribution >= 4 is 5.97 Å². The van der Waals surface area contributed by atoms with Gasteiger partial charge in [0.1, 0.15) is 6.04 Å². The molecule has 3 N–H and O–H groups in total. The largest absolute Gasteiger partial charge is 0.480 e. The molecule has 1 rings (SSSR count). The molecule has 0 saturated heterocycles. The summed E-state index contributed by atoms with van der Waals surface area (Å²) in [7, 11) is 0. The topological polar surface area (TPSA) is 69.6 Å². The summed E-state index contributed by atoms with van der Waals surface area (Å²) < 4.78 is 0. The molecule has 0 aromatic carbocycles. The van der Waals surface area contributed by atoms with Crippen LogP contribution in [0.1, 0.15) is 51.9 Å². The van der Waals surface area contributed by atoms with Gasteiger partial charge < -0.3 is 15.5 Å². The van der Waals surface area contributed by atoms with E-state index in [2.05, 4.69) is 12.2 Å². The van der Waals surface area contributed by atoms with Crippen LogP contribution in [0.3, 0.4) is 0 Å². The molecule has 0 radical (unpaired) electrons. The summed E-state index contributed by atoms with van der Waals surface area (Å²) in [5.74, 6) is -0.212. The molecule has 0 aromatic heterocycles. The van der Waals surface area contributed by atoms with Crippen LogP contribution in [-0.4, -0.2) is 34.9 Å². The summed E-state index contributed by atoms with van der Waals surface area (Å²) in [6, 6.07) is -0.401. The molecule has 1 fully saturated rings. The highest BCUT2D eigenvalue weighted by Gasteiger charge is 2.22. The van der Waals surface area contributed by atoms with E-state index in [1.807, 2.05) is 0 Å². The minimum Gasteiger partial charge on any atom is -0.480 e. The van der Waals surface area contributed by atoms with Gasteiger partial charge in [0, 0.05) is 0 Å². The highest BCUT2D eigenvalue weighted by molar-refractivity contribution is 5.73. The summed E-state index contributed by atoms with van der Waals surface area (Å²) in [6.07, 6.45) is 6.29. The van der Waals surface area contributed by atoms with Crippen LogP contribution in [0.15, 0.2) is 0 Å². The molecule has 17 heavy (non-hydrogen) atoms. The van der Waals surface area contributed by atoms with E-state index in [-0.39, 0.29) is 6.10 Å². The van der Waals surface area contributed by atoms with Crippen LogP contribution in [-0.2, 0) is 4.79 Å². The number of hydrogen-bond acceptors (Lipinski definition) is 3. The molecule has 1 unspecified atom stereocenters. The molecular weight excluding hydrogens is 218 g/mol. The van der Waals surface area contributed by atoms with Gasteiger partial charge in [-0.05, 0) is 44.6 Å². The second kappa shape index (κ2) is 7.67. The Bertz CT molecular complexity index is 225. The quantitative estimate of drug-likeness (QED) is 0.637. The molecule has 1 saturated carbocycles. The van der Waals surface area contributed by atoms with Crippen molar-refractivity contribution in [3.8, 4) is 0 Å². The van der Waals surface area contributed by atoms with Gasteiger partial charge in [-0.2, -0.15) is 0 Å². The maximum Gasteiger partial charge on any atom is 0.320 e. The van der Waals surface area contributed by atoms with Crippen LogP contribution in [0.2, 0.25) is 0 Å². The van der Waals surface area contributed by atoms with Crippen LogP contribution in [0, 0.1) is 5.92 Å². The van der Waals surface area contributed by atoms with Crippen LogP contribution in [0.4, 0.5) is 0 Å². The smallest absolute Gasteiger partial charge is 0.320 e. The van der Waals surface area contributed by atoms with E-state index < -0.39 is 12.0 Å². The molecule has 4 heteroatoms. The Morgan fingerprint density at radius 2 is 2.00 bits per heavy atom. The van der Waals surface area contributed by atoms with Gasteiger partial charge in [-0.1, -0.05) is 19.8 Å². The predicted octanol–water partition coefficient (Wildman–Crippen LogP) is 1.77.